The highest BCUT2D eigenvalue weighted by Gasteiger charge is 2.44. The van der Waals surface area contributed by atoms with Crippen LogP contribution in [0.25, 0.3) is 0 Å². The van der Waals surface area contributed by atoms with E-state index >= 15 is 0 Å². The van der Waals surface area contributed by atoms with Crippen molar-refractivity contribution >= 4 is 22.9 Å². The van der Waals surface area contributed by atoms with Crippen LogP contribution in [0.3, 0.4) is 0 Å². The van der Waals surface area contributed by atoms with Gasteiger partial charge in [0.25, 0.3) is 0 Å². The number of halogens is 1. The quantitative estimate of drug-likeness (QED) is 0.689. The van der Waals surface area contributed by atoms with E-state index in [2.05, 4.69) is 0 Å². The molecule has 18 heavy (non-hydrogen) atoms. The Kier molecular flexibility index (Phi) is 3.41. The van der Waals surface area contributed by atoms with Crippen LogP contribution in [0.4, 0.5) is 4.79 Å². The van der Waals surface area contributed by atoms with Crippen LogP contribution in [0, 0.1) is 0 Å². The van der Waals surface area contributed by atoms with E-state index in [1.807, 2.05) is 26.8 Å². The zero-order chi connectivity index (χ0) is 13.5. The van der Waals surface area contributed by atoms with Crippen LogP contribution in [-0.4, -0.2) is 33.9 Å². The molecule has 2 atom stereocenters. The number of amides is 1. The van der Waals surface area contributed by atoms with Gasteiger partial charge in [0, 0.05) is 11.6 Å². The van der Waals surface area contributed by atoms with Crippen LogP contribution in [0.2, 0.25) is 0 Å². The van der Waals surface area contributed by atoms with E-state index in [0.717, 1.165) is 12.8 Å². The first-order valence-corrected chi connectivity index (χ1v) is 6.58. The minimum atomic E-state index is -0.525. The van der Waals surface area contributed by atoms with Gasteiger partial charge in [0.2, 0.25) is 5.24 Å². The minimum absolute atomic E-state index is 0.143. The number of hydrogen-bond acceptors (Lipinski definition) is 3. The Labute approximate surface area is 112 Å². The SMILES string of the molecule is CC(C)(C)OC(=O)N1[C@H]2CC=C(C(=O)Cl)[C@@H]1CC2. The number of fused-ring (bicyclic) bond motifs is 2. The molecule has 0 saturated carbocycles. The van der Waals surface area contributed by atoms with Gasteiger partial charge in [-0.05, 0) is 51.6 Å². The fraction of sp³-hybridized carbons (Fsp3) is 0.692. The molecule has 0 aliphatic carbocycles. The summed E-state index contributed by atoms with van der Waals surface area (Å²) in [7, 11) is 0. The zero-order valence-corrected chi connectivity index (χ0v) is 11.7. The molecule has 0 aromatic rings. The molecular formula is C13H18ClNO3. The average Bonchev–Trinajstić information content (AvgIpc) is 2.49. The van der Waals surface area contributed by atoms with Gasteiger partial charge in [0.1, 0.15) is 5.60 Å². The lowest BCUT2D eigenvalue weighted by atomic mass is 10.0. The number of ether oxygens (including phenoxy) is 1. The summed E-state index contributed by atoms with van der Waals surface area (Å²) in [5, 5.41) is -0.464. The highest BCUT2D eigenvalue weighted by atomic mass is 35.5. The van der Waals surface area contributed by atoms with Gasteiger partial charge in [0.05, 0.1) is 6.04 Å². The molecule has 1 saturated heterocycles. The first kappa shape index (κ1) is 13.4. The fourth-order valence-electron chi connectivity index (χ4n) is 2.62. The van der Waals surface area contributed by atoms with Gasteiger partial charge in [-0.15, -0.1) is 0 Å². The molecule has 0 spiro atoms. The number of carbonyl (C=O) groups is 2. The molecule has 2 heterocycles. The largest absolute Gasteiger partial charge is 0.444 e. The number of nitrogens with zero attached hydrogens (tertiary/aromatic N) is 1. The summed E-state index contributed by atoms with van der Waals surface area (Å²) in [6, 6.07) is -0.0618. The van der Waals surface area contributed by atoms with Crippen LogP contribution in [0.15, 0.2) is 11.6 Å². The van der Waals surface area contributed by atoms with Crippen LogP contribution in [-0.2, 0) is 9.53 Å². The molecule has 2 rings (SSSR count). The molecule has 2 bridgehead atoms. The molecule has 0 N–H and O–H groups in total. The predicted molar refractivity (Wildman–Crippen MR) is 68.4 cm³/mol. The van der Waals surface area contributed by atoms with Crippen molar-refractivity contribution in [3.63, 3.8) is 0 Å². The van der Waals surface area contributed by atoms with Crippen molar-refractivity contribution in [2.24, 2.45) is 0 Å². The van der Waals surface area contributed by atoms with Crippen LogP contribution in [0.1, 0.15) is 40.0 Å². The third-order valence-corrected chi connectivity index (χ3v) is 3.52. The van der Waals surface area contributed by atoms with Gasteiger partial charge in [-0.3, -0.25) is 9.69 Å². The van der Waals surface area contributed by atoms with E-state index in [1.165, 1.54) is 0 Å². The molecule has 100 valence electrons. The summed E-state index contributed by atoms with van der Waals surface area (Å²) >= 11 is 5.57. The van der Waals surface area contributed by atoms with Gasteiger partial charge in [-0.2, -0.15) is 0 Å². The number of rotatable bonds is 1. The van der Waals surface area contributed by atoms with E-state index in [9.17, 15) is 9.59 Å². The molecule has 5 heteroatoms. The number of hydrogen-bond donors (Lipinski definition) is 0. The van der Waals surface area contributed by atoms with E-state index in [0.29, 0.717) is 12.0 Å². The summed E-state index contributed by atoms with van der Waals surface area (Å²) in [6.45, 7) is 5.50. The van der Waals surface area contributed by atoms with Crippen molar-refractivity contribution in [3.8, 4) is 0 Å². The average molecular weight is 272 g/mol. The Hall–Kier alpha value is -1.03. The molecule has 1 fully saturated rings. The summed E-state index contributed by atoms with van der Waals surface area (Å²) in [5.41, 5.74) is 0.0132. The molecule has 2 aliphatic rings. The van der Waals surface area contributed by atoms with E-state index < -0.39 is 10.8 Å². The molecule has 0 radical (unpaired) electrons. The van der Waals surface area contributed by atoms with Crippen molar-refractivity contribution in [3.05, 3.63) is 11.6 Å². The van der Waals surface area contributed by atoms with Crippen LogP contribution < -0.4 is 0 Å². The lowest BCUT2D eigenvalue weighted by Gasteiger charge is -2.35. The fourth-order valence-corrected chi connectivity index (χ4v) is 2.82. The molecule has 1 amide bonds. The molecule has 0 unspecified atom stereocenters. The maximum Gasteiger partial charge on any atom is 0.411 e. The molecular weight excluding hydrogens is 254 g/mol. The molecule has 4 nitrogen and oxygen atoms in total. The third-order valence-electron chi connectivity index (χ3n) is 3.30. The van der Waals surface area contributed by atoms with Gasteiger partial charge in [-0.25, -0.2) is 4.79 Å². The van der Waals surface area contributed by atoms with Crippen molar-refractivity contribution in [1.29, 1.82) is 0 Å². The minimum Gasteiger partial charge on any atom is -0.444 e. The monoisotopic (exact) mass is 271 g/mol. The van der Waals surface area contributed by atoms with Gasteiger partial charge >= 0.3 is 6.09 Å². The highest BCUT2D eigenvalue weighted by molar-refractivity contribution is 6.67. The topological polar surface area (TPSA) is 46.6 Å². The second-order valence-corrected chi connectivity index (χ2v) is 6.15. The Morgan fingerprint density at radius 1 is 1.39 bits per heavy atom. The zero-order valence-electron chi connectivity index (χ0n) is 10.9. The number of carbonyl (C=O) groups excluding carboxylic acids is 2. The summed E-state index contributed by atoms with van der Waals surface area (Å²) in [4.78, 5) is 25.2. The van der Waals surface area contributed by atoms with Gasteiger partial charge in [0.15, 0.2) is 0 Å². The Balaban J connectivity index is 2.18. The predicted octanol–water partition coefficient (Wildman–Crippen LogP) is 2.85. The summed E-state index contributed by atoms with van der Waals surface area (Å²) in [6.07, 6.45) is 3.88. The Bertz CT molecular complexity index is 411. The Morgan fingerprint density at radius 3 is 2.61 bits per heavy atom. The highest BCUT2D eigenvalue weighted by Crippen LogP contribution is 2.37. The van der Waals surface area contributed by atoms with Crippen molar-refractivity contribution in [2.75, 3.05) is 0 Å². The van der Waals surface area contributed by atoms with E-state index in [4.69, 9.17) is 16.3 Å². The first-order valence-electron chi connectivity index (χ1n) is 6.21. The molecule has 0 aromatic carbocycles. The van der Waals surface area contributed by atoms with Crippen molar-refractivity contribution in [1.82, 2.24) is 4.90 Å². The third kappa shape index (κ3) is 2.53. The molecule has 0 aromatic heterocycles. The second kappa shape index (κ2) is 4.57. The maximum absolute atomic E-state index is 12.2. The van der Waals surface area contributed by atoms with E-state index in [-0.39, 0.29) is 18.2 Å². The lowest BCUT2D eigenvalue weighted by molar-refractivity contribution is -0.109. The van der Waals surface area contributed by atoms with Crippen molar-refractivity contribution in [2.45, 2.75) is 57.7 Å². The van der Waals surface area contributed by atoms with E-state index in [1.54, 1.807) is 4.90 Å². The van der Waals surface area contributed by atoms with Crippen LogP contribution >= 0.6 is 11.6 Å². The molecule has 2 aliphatic heterocycles. The second-order valence-electron chi connectivity index (χ2n) is 5.80. The summed E-state index contributed by atoms with van der Waals surface area (Å²) < 4.78 is 5.39. The smallest absolute Gasteiger partial charge is 0.411 e. The lowest BCUT2D eigenvalue weighted by Crippen LogP contribution is -2.47. The standard InChI is InChI=1S/C13H18ClNO3/c1-13(2,3)18-12(17)15-8-4-6-9(11(14)16)10(15)7-5-8/h6,8,10H,4-5,7H2,1-3H3/t8-,10-/m0/s1. The Morgan fingerprint density at radius 2 is 2.06 bits per heavy atom. The normalized spacial score (nSPS) is 26.9. The van der Waals surface area contributed by atoms with Gasteiger partial charge < -0.3 is 4.74 Å². The van der Waals surface area contributed by atoms with Gasteiger partial charge in [-0.1, -0.05) is 6.08 Å². The summed E-state index contributed by atoms with van der Waals surface area (Å²) in [5.74, 6) is 0. The first-order chi connectivity index (χ1) is 8.29. The van der Waals surface area contributed by atoms with Crippen LogP contribution in [0.5, 0.6) is 0 Å². The maximum atomic E-state index is 12.2. The van der Waals surface area contributed by atoms with Crippen molar-refractivity contribution < 1.29 is 14.3 Å².